The lowest BCUT2D eigenvalue weighted by molar-refractivity contribution is 0.0543. The maximum absolute atomic E-state index is 9.63. The average Bonchev–Trinajstić information content (AvgIpc) is 2.01. The lowest BCUT2D eigenvalue weighted by atomic mass is 9.81. The lowest BCUT2D eigenvalue weighted by Gasteiger charge is -2.29. The number of terminal acetylenes is 1. The summed E-state index contributed by atoms with van der Waals surface area (Å²) in [6, 6.07) is 0. The lowest BCUT2D eigenvalue weighted by Crippen LogP contribution is -2.32. The highest BCUT2D eigenvalue weighted by molar-refractivity contribution is 5.03. The Labute approximate surface area is 69.1 Å². The Morgan fingerprint density at radius 3 is 2.36 bits per heavy atom. The van der Waals surface area contributed by atoms with Crippen LogP contribution in [-0.4, -0.2) is 11.2 Å². The van der Waals surface area contributed by atoms with Crippen molar-refractivity contribution in [1.82, 2.24) is 0 Å². The second-order valence-electron chi connectivity index (χ2n) is 3.43. The highest BCUT2D eigenvalue weighted by atomic mass is 16.3. The van der Waals surface area contributed by atoms with E-state index in [0.29, 0.717) is 0 Å². The Balaban J connectivity index is 4.36. The van der Waals surface area contributed by atoms with E-state index in [-0.39, 0.29) is 11.3 Å². The van der Waals surface area contributed by atoms with Crippen LogP contribution < -0.4 is 0 Å². The first-order valence-corrected chi connectivity index (χ1v) is 3.73. The molecule has 1 nitrogen and oxygen atoms in total. The first-order chi connectivity index (χ1) is 4.95. The molecule has 1 heteroatoms. The molecule has 0 aromatic carbocycles. The minimum Gasteiger partial charge on any atom is -0.391 e. The van der Waals surface area contributed by atoms with Gasteiger partial charge in [0.05, 0.1) is 6.10 Å². The largest absolute Gasteiger partial charge is 0.391 e. The van der Waals surface area contributed by atoms with Crippen LogP contribution in [-0.2, 0) is 0 Å². The summed E-state index contributed by atoms with van der Waals surface area (Å²) in [6.45, 7) is 9.30. The van der Waals surface area contributed by atoms with Gasteiger partial charge in [0, 0.05) is 11.3 Å². The van der Waals surface area contributed by atoms with E-state index in [1.807, 2.05) is 20.8 Å². The Kier molecular flexibility index (Phi) is 3.35. The zero-order valence-corrected chi connectivity index (χ0v) is 7.46. The van der Waals surface area contributed by atoms with E-state index >= 15 is 0 Å². The molecule has 0 aromatic heterocycles. The third-order valence-corrected chi connectivity index (χ3v) is 2.02. The van der Waals surface area contributed by atoms with Gasteiger partial charge < -0.3 is 5.11 Å². The molecule has 0 fully saturated rings. The minimum absolute atomic E-state index is 0.122. The predicted molar refractivity (Wildman–Crippen MR) is 48.0 cm³/mol. The summed E-state index contributed by atoms with van der Waals surface area (Å²) < 4.78 is 0. The van der Waals surface area contributed by atoms with Gasteiger partial charge in [0.2, 0.25) is 0 Å². The average molecular weight is 152 g/mol. The molecule has 1 N–H and O–H groups in total. The first kappa shape index (κ1) is 10.3. The second-order valence-corrected chi connectivity index (χ2v) is 3.43. The zero-order chi connectivity index (χ0) is 9.07. The third kappa shape index (κ3) is 2.40. The Morgan fingerprint density at radius 1 is 1.64 bits per heavy atom. The molecule has 0 unspecified atom stereocenters. The van der Waals surface area contributed by atoms with Crippen molar-refractivity contribution in [2.45, 2.75) is 26.9 Å². The topological polar surface area (TPSA) is 20.2 Å². The second kappa shape index (κ2) is 3.59. The predicted octanol–water partition coefficient (Wildman–Crippen LogP) is 1.83. The first-order valence-electron chi connectivity index (χ1n) is 3.73. The molecule has 0 aromatic rings. The quantitative estimate of drug-likeness (QED) is 0.483. The Hall–Kier alpha value is -0.740. The van der Waals surface area contributed by atoms with Gasteiger partial charge in [0.1, 0.15) is 0 Å². The molecule has 0 heterocycles. The van der Waals surface area contributed by atoms with Crippen LogP contribution >= 0.6 is 0 Å². The van der Waals surface area contributed by atoms with Gasteiger partial charge in [-0.25, -0.2) is 0 Å². The summed E-state index contributed by atoms with van der Waals surface area (Å²) in [7, 11) is 0. The number of aliphatic hydroxyl groups is 1. The van der Waals surface area contributed by atoms with E-state index in [4.69, 9.17) is 6.42 Å². The molecule has 2 atom stereocenters. The van der Waals surface area contributed by atoms with Crippen LogP contribution in [0.5, 0.6) is 0 Å². The number of hydrogen-bond acceptors (Lipinski definition) is 1. The van der Waals surface area contributed by atoms with Gasteiger partial charge in [0.15, 0.2) is 0 Å². The summed E-state index contributed by atoms with van der Waals surface area (Å²) in [5.41, 5.74) is -0.300. The molecular weight excluding hydrogens is 136 g/mol. The number of aliphatic hydroxyl groups excluding tert-OH is 1. The van der Waals surface area contributed by atoms with Gasteiger partial charge >= 0.3 is 0 Å². The number of hydrogen-bond donors (Lipinski definition) is 1. The zero-order valence-electron chi connectivity index (χ0n) is 7.46. The van der Waals surface area contributed by atoms with Crippen molar-refractivity contribution < 1.29 is 5.11 Å². The van der Waals surface area contributed by atoms with Crippen LogP contribution in [0.25, 0.3) is 0 Å². The van der Waals surface area contributed by atoms with Crippen LogP contribution in [0.1, 0.15) is 20.8 Å². The maximum Gasteiger partial charge on any atom is 0.0759 e. The standard InChI is InChI=1S/C10H16O/c1-6-8(3)9(11)10(4,5)7-2/h1,7-9,11H,2H2,3-5H3/t8-,9-/m0/s1. The molecule has 0 spiro atoms. The van der Waals surface area contributed by atoms with Crippen LogP contribution in [0.4, 0.5) is 0 Å². The molecule has 0 aliphatic heterocycles. The van der Waals surface area contributed by atoms with E-state index in [0.717, 1.165) is 0 Å². The SMILES string of the molecule is C#C[C@H](C)[C@H](O)C(C)(C)C=C. The normalized spacial score (nSPS) is 16.6. The molecule has 0 rings (SSSR count). The molecule has 62 valence electrons. The van der Waals surface area contributed by atoms with Crippen molar-refractivity contribution >= 4 is 0 Å². The van der Waals surface area contributed by atoms with Crippen molar-refractivity contribution in [3.63, 3.8) is 0 Å². The summed E-state index contributed by atoms with van der Waals surface area (Å²) >= 11 is 0. The highest BCUT2D eigenvalue weighted by Crippen LogP contribution is 2.26. The molecular formula is C10H16O. The fraction of sp³-hybridized carbons (Fsp3) is 0.600. The van der Waals surface area contributed by atoms with Gasteiger partial charge in [-0.2, -0.15) is 0 Å². The third-order valence-electron chi connectivity index (χ3n) is 2.02. The molecule has 11 heavy (non-hydrogen) atoms. The van der Waals surface area contributed by atoms with Crippen molar-refractivity contribution in [3.8, 4) is 12.3 Å². The van der Waals surface area contributed by atoms with Gasteiger partial charge in [-0.15, -0.1) is 18.9 Å². The number of rotatable bonds is 3. The van der Waals surface area contributed by atoms with Crippen LogP contribution in [0.2, 0.25) is 0 Å². The van der Waals surface area contributed by atoms with Crippen LogP contribution in [0, 0.1) is 23.7 Å². The molecule has 0 aliphatic rings. The van der Waals surface area contributed by atoms with Gasteiger partial charge in [-0.1, -0.05) is 19.9 Å². The molecule has 0 bridgehead atoms. The van der Waals surface area contributed by atoms with Crippen LogP contribution in [0.3, 0.4) is 0 Å². The van der Waals surface area contributed by atoms with Gasteiger partial charge in [0.25, 0.3) is 0 Å². The maximum atomic E-state index is 9.63. The summed E-state index contributed by atoms with van der Waals surface area (Å²) in [5, 5.41) is 9.63. The molecule has 0 amide bonds. The summed E-state index contributed by atoms with van der Waals surface area (Å²) in [5.74, 6) is 2.39. The minimum atomic E-state index is -0.509. The van der Waals surface area contributed by atoms with E-state index < -0.39 is 6.10 Å². The summed E-state index contributed by atoms with van der Waals surface area (Å²) in [6.07, 6.45) is 6.40. The van der Waals surface area contributed by atoms with Crippen LogP contribution in [0.15, 0.2) is 12.7 Å². The smallest absolute Gasteiger partial charge is 0.0759 e. The molecule has 0 aliphatic carbocycles. The Bertz CT molecular complexity index is 174. The molecule has 0 saturated carbocycles. The van der Waals surface area contributed by atoms with Gasteiger partial charge in [-0.05, 0) is 6.92 Å². The summed E-state index contributed by atoms with van der Waals surface area (Å²) in [4.78, 5) is 0. The van der Waals surface area contributed by atoms with Crippen molar-refractivity contribution in [1.29, 1.82) is 0 Å². The fourth-order valence-corrected chi connectivity index (χ4v) is 0.856. The van der Waals surface area contributed by atoms with Crippen molar-refractivity contribution in [2.75, 3.05) is 0 Å². The molecule has 0 saturated heterocycles. The van der Waals surface area contributed by atoms with E-state index in [9.17, 15) is 5.11 Å². The Morgan fingerprint density at radius 2 is 2.09 bits per heavy atom. The van der Waals surface area contributed by atoms with E-state index in [1.165, 1.54) is 0 Å². The monoisotopic (exact) mass is 152 g/mol. The van der Waals surface area contributed by atoms with Crippen molar-refractivity contribution in [3.05, 3.63) is 12.7 Å². The van der Waals surface area contributed by atoms with Crippen molar-refractivity contribution in [2.24, 2.45) is 11.3 Å². The highest BCUT2D eigenvalue weighted by Gasteiger charge is 2.27. The fourth-order valence-electron chi connectivity index (χ4n) is 0.856. The van der Waals surface area contributed by atoms with E-state index in [2.05, 4.69) is 12.5 Å². The van der Waals surface area contributed by atoms with E-state index in [1.54, 1.807) is 6.08 Å². The molecule has 0 radical (unpaired) electrons. The van der Waals surface area contributed by atoms with Gasteiger partial charge in [-0.3, -0.25) is 0 Å².